The lowest BCUT2D eigenvalue weighted by Crippen LogP contribution is -2.25. The molecule has 0 radical (unpaired) electrons. The molecule has 0 bridgehead atoms. The van der Waals surface area contributed by atoms with Crippen molar-refractivity contribution < 1.29 is 5.11 Å². The maximum absolute atomic E-state index is 10.5. The summed E-state index contributed by atoms with van der Waals surface area (Å²) in [6.07, 6.45) is 5.98. The van der Waals surface area contributed by atoms with E-state index in [2.05, 4.69) is 22.9 Å². The molecule has 0 saturated heterocycles. The van der Waals surface area contributed by atoms with Crippen LogP contribution in [-0.2, 0) is 0 Å². The molecule has 17 heavy (non-hydrogen) atoms. The monoisotopic (exact) mass is 296 g/mol. The van der Waals surface area contributed by atoms with E-state index in [1.54, 1.807) is 0 Å². The Balaban J connectivity index is 2.12. The highest BCUT2D eigenvalue weighted by Crippen LogP contribution is 2.40. The average Bonchev–Trinajstić information content (AvgIpc) is 2.39. The summed E-state index contributed by atoms with van der Waals surface area (Å²) in [6, 6.07) is 8.11. The van der Waals surface area contributed by atoms with Gasteiger partial charge in [-0.05, 0) is 36.0 Å². The maximum Gasteiger partial charge on any atom is 0.0820 e. The summed E-state index contributed by atoms with van der Waals surface area (Å²) in [6.45, 7) is 2.25. The van der Waals surface area contributed by atoms with Gasteiger partial charge in [0, 0.05) is 4.47 Å². The van der Waals surface area contributed by atoms with Gasteiger partial charge in [-0.25, -0.2) is 0 Å². The summed E-state index contributed by atoms with van der Waals surface area (Å²) < 4.78 is 1.07. The number of benzene rings is 1. The van der Waals surface area contributed by atoms with Crippen LogP contribution in [0.1, 0.15) is 50.7 Å². The smallest absolute Gasteiger partial charge is 0.0820 e. The second kappa shape index (κ2) is 6.01. The quantitative estimate of drug-likeness (QED) is 0.857. The van der Waals surface area contributed by atoms with Gasteiger partial charge in [0.2, 0.25) is 0 Å². The number of aliphatic hydroxyl groups excluding tert-OH is 1. The Morgan fingerprint density at radius 2 is 1.88 bits per heavy atom. The molecule has 2 heteroatoms. The maximum atomic E-state index is 10.5. The molecule has 0 aromatic heterocycles. The van der Waals surface area contributed by atoms with E-state index >= 15 is 0 Å². The zero-order valence-electron chi connectivity index (χ0n) is 10.4. The summed E-state index contributed by atoms with van der Waals surface area (Å²) in [5.74, 6) is 1.15. The highest BCUT2D eigenvalue weighted by molar-refractivity contribution is 9.10. The van der Waals surface area contributed by atoms with Gasteiger partial charge in [0.25, 0.3) is 0 Å². The van der Waals surface area contributed by atoms with E-state index in [-0.39, 0.29) is 6.10 Å². The Morgan fingerprint density at radius 3 is 2.53 bits per heavy atom. The third-order valence-electron chi connectivity index (χ3n) is 4.11. The van der Waals surface area contributed by atoms with Crippen LogP contribution in [0, 0.1) is 11.8 Å². The van der Waals surface area contributed by atoms with Crippen LogP contribution in [0.4, 0.5) is 0 Å². The molecule has 1 saturated carbocycles. The number of hydrogen-bond donors (Lipinski definition) is 1. The number of hydrogen-bond acceptors (Lipinski definition) is 1. The minimum Gasteiger partial charge on any atom is -0.388 e. The van der Waals surface area contributed by atoms with E-state index in [4.69, 9.17) is 0 Å². The molecule has 1 aromatic rings. The van der Waals surface area contributed by atoms with E-state index in [1.807, 2.05) is 24.3 Å². The third kappa shape index (κ3) is 3.11. The Bertz CT molecular complexity index is 346. The summed E-state index contributed by atoms with van der Waals surface area (Å²) >= 11 is 3.43. The predicted molar refractivity (Wildman–Crippen MR) is 74.8 cm³/mol. The molecule has 3 atom stereocenters. The molecule has 1 aliphatic rings. The van der Waals surface area contributed by atoms with Gasteiger partial charge in [0.05, 0.1) is 6.10 Å². The van der Waals surface area contributed by atoms with Gasteiger partial charge in [-0.15, -0.1) is 0 Å². The molecule has 1 aromatic carbocycles. The van der Waals surface area contributed by atoms with Crippen LogP contribution in [0.5, 0.6) is 0 Å². The van der Waals surface area contributed by atoms with E-state index in [9.17, 15) is 5.11 Å². The van der Waals surface area contributed by atoms with Crippen molar-refractivity contribution in [1.29, 1.82) is 0 Å². The number of halogens is 1. The van der Waals surface area contributed by atoms with Crippen LogP contribution in [-0.4, -0.2) is 5.11 Å². The normalized spacial score (nSPS) is 26.8. The first kappa shape index (κ1) is 13.1. The van der Waals surface area contributed by atoms with E-state index in [1.165, 1.54) is 32.1 Å². The number of aliphatic hydroxyl groups is 1. The standard InChI is InChI=1S/C15H21BrO/c1-2-11-5-3-4-6-14(11)15(17)12-7-9-13(16)10-8-12/h7-11,14-15,17H,2-6H2,1H3. The summed E-state index contributed by atoms with van der Waals surface area (Å²) in [7, 11) is 0. The molecule has 0 amide bonds. The van der Waals surface area contributed by atoms with Crippen molar-refractivity contribution >= 4 is 15.9 Å². The highest BCUT2D eigenvalue weighted by atomic mass is 79.9. The predicted octanol–water partition coefficient (Wildman–Crippen LogP) is 4.70. The van der Waals surface area contributed by atoms with E-state index in [0.29, 0.717) is 11.8 Å². The Labute approximate surface area is 112 Å². The first-order valence-corrected chi connectivity index (χ1v) is 7.45. The van der Waals surface area contributed by atoms with Gasteiger partial charge in [-0.1, -0.05) is 60.7 Å². The van der Waals surface area contributed by atoms with Gasteiger partial charge in [0.1, 0.15) is 0 Å². The zero-order valence-corrected chi connectivity index (χ0v) is 12.0. The second-order valence-corrected chi connectivity index (χ2v) is 6.03. The molecule has 0 aliphatic heterocycles. The molecule has 94 valence electrons. The largest absolute Gasteiger partial charge is 0.388 e. The molecular weight excluding hydrogens is 276 g/mol. The lowest BCUT2D eigenvalue weighted by Gasteiger charge is -2.34. The molecular formula is C15H21BrO. The van der Waals surface area contributed by atoms with Crippen molar-refractivity contribution in [3.05, 3.63) is 34.3 Å². The zero-order chi connectivity index (χ0) is 12.3. The van der Waals surface area contributed by atoms with Gasteiger partial charge in [-0.3, -0.25) is 0 Å². The van der Waals surface area contributed by atoms with Crippen molar-refractivity contribution in [2.45, 2.75) is 45.1 Å². The topological polar surface area (TPSA) is 20.2 Å². The van der Waals surface area contributed by atoms with Crippen LogP contribution in [0.3, 0.4) is 0 Å². The minimum atomic E-state index is -0.284. The Kier molecular flexibility index (Phi) is 4.63. The van der Waals surface area contributed by atoms with Crippen LogP contribution in [0.15, 0.2) is 28.7 Å². The first-order valence-electron chi connectivity index (χ1n) is 6.66. The van der Waals surface area contributed by atoms with Crippen LogP contribution >= 0.6 is 15.9 Å². The molecule has 1 N–H and O–H groups in total. The molecule has 3 unspecified atom stereocenters. The Hall–Kier alpha value is -0.340. The van der Waals surface area contributed by atoms with Gasteiger partial charge >= 0.3 is 0 Å². The van der Waals surface area contributed by atoms with Gasteiger partial charge in [-0.2, -0.15) is 0 Å². The summed E-state index contributed by atoms with van der Waals surface area (Å²) in [5.41, 5.74) is 1.07. The summed E-state index contributed by atoms with van der Waals surface area (Å²) in [4.78, 5) is 0. The van der Waals surface area contributed by atoms with E-state index < -0.39 is 0 Å². The minimum absolute atomic E-state index is 0.284. The van der Waals surface area contributed by atoms with Crippen LogP contribution in [0.25, 0.3) is 0 Å². The summed E-state index contributed by atoms with van der Waals surface area (Å²) in [5, 5.41) is 10.5. The van der Waals surface area contributed by atoms with Crippen molar-refractivity contribution in [2.75, 3.05) is 0 Å². The average molecular weight is 297 g/mol. The highest BCUT2D eigenvalue weighted by Gasteiger charge is 2.30. The lowest BCUT2D eigenvalue weighted by atomic mass is 9.73. The third-order valence-corrected chi connectivity index (χ3v) is 4.64. The first-order chi connectivity index (χ1) is 8.22. The fourth-order valence-corrected chi connectivity index (χ4v) is 3.33. The molecule has 1 fully saturated rings. The van der Waals surface area contributed by atoms with Crippen molar-refractivity contribution in [2.24, 2.45) is 11.8 Å². The lowest BCUT2D eigenvalue weighted by molar-refractivity contribution is 0.0452. The Morgan fingerprint density at radius 1 is 1.24 bits per heavy atom. The van der Waals surface area contributed by atoms with Gasteiger partial charge in [0.15, 0.2) is 0 Å². The molecule has 1 nitrogen and oxygen atoms in total. The van der Waals surface area contributed by atoms with Gasteiger partial charge < -0.3 is 5.11 Å². The molecule has 1 aliphatic carbocycles. The molecule has 0 spiro atoms. The van der Waals surface area contributed by atoms with Crippen LogP contribution < -0.4 is 0 Å². The van der Waals surface area contributed by atoms with E-state index in [0.717, 1.165) is 10.0 Å². The van der Waals surface area contributed by atoms with Crippen molar-refractivity contribution in [3.8, 4) is 0 Å². The van der Waals surface area contributed by atoms with Crippen molar-refractivity contribution in [1.82, 2.24) is 0 Å². The fraction of sp³-hybridized carbons (Fsp3) is 0.600. The van der Waals surface area contributed by atoms with Crippen LogP contribution in [0.2, 0.25) is 0 Å². The SMILES string of the molecule is CCC1CCCCC1C(O)c1ccc(Br)cc1. The second-order valence-electron chi connectivity index (χ2n) is 5.11. The molecule has 0 heterocycles. The number of rotatable bonds is 3. The van der Waals surface area contributed by atoms with Crippen molar-refractivity contribution in [3.63, 3.8) is 0 Å². The molecule has 2 rings (SSSR count). The fourth-order valence-electron chi connectivity index (χ4n) is 3.07.